The molecule has 6 nitrogen and oxygen atoms in total. The van der Waals surface area contributed by atoms with E-state index in [0.29, 0.717) is 6.54 Å². The molecule has 0 aromatic heterocycles. The van der Waals surface area contributed by atoms with Gasteiger partial charge in [0, 0.05) is 6.54 Å². The number of hydrogen-bond acceptors (Lipinski definition) is 4. The van der Waals surface area contributed by atoms with Crippen LogP contribution < -0.4 is 0 Å². The zero-order chi connectivity index (χ0) is 14.6. The summed E-state index contributed by atoms with van der Waals surface area (Å²) in [5.74, 6) is -1.09. The number of benzene rings is 1. The second kappa shape index (κ2) is 5.92. The average molecular weight is 279 g/mol. The third-order valence-electron chi connectivity index (χ3n) is 3.19. The predicted molar refractivity (Wildman–Crippen MR) is 70.2 cm³/mol. The first-order valence-electron chi connectivity index (χ1n) is 6.34. The number of carboxylic acids is 1. The smallest absolute Gasteiger partial charge is 0.410 e. The molecule has 6 heteroatoms. The Labute approximate surface area is 116 Å². The number of nitrogens with zero attached hydrogens (tertiary/aromatic N) is 1. The van der Waals surface area contributed by atoms with Gasteiger partial charge in [0.2, 0.25) is 0 Å². The Balaban J connectivity index is 1.91. The van der Waals surface area contributed by atoms with Gasteiger partial charge >= 0.3 is 12.1 Å². The van der Waals surface area contributed by atoms with Crippen molar-refractivity contribution in [3.8, 4) is 0 Å². The third-order valence-corrected chi connectivity index (χ3v) is 3.19. The van der Waals surface area contributed by atoms with Crippen molar-refractivity contribution in [3.05, 3.63) is 35.9 Å². The summed E-state index contributed by atoms with van der Waals surface area (Å²) in [6.07, 6.45) is -0.523. The summed E-state index contributed by atoms with van der Waals surface area (Å²) in [6, 6.07) is 9.31. The van der Waals surface area contributed by atoms with E-state index < -0.39 is 17.7 Å². The fourth-order valence-corrected chi connectivity index (χ4v) is 1.97. The summed E-state index contributed by atoms with van der Waals surface area (Å²) in [7, 11) is 0. The normalized spacial score (nSPS) is 22.4. The van der Waals surface area contributed by atoms with Gasteiger partial charge in [-0.25, -0.2) is 9.59 Å². The number of amides is 1. The molecule has 1 unspecified atom stereocenters. The largest absolute Gasteiger partial charge is 0.479 e. The van der Waals surface area contributed by atoms with Crippen LogP contribution in [0.3, 0.4) is 0 Å². The Morgan fingerprint density at radius 2 is 2.10 bits per heavy atom. The summed E-state index contributed by atoms with van der Waals surface area (Å²) < 4.78 is 10.4. The molecular weight excluding hydrogens is 262 g/mol. The van der Waals surface area contributed by atoms with Gasteiger partial charge in [-0.2, -0.15) is 0 Å². The molecule has 1 aliphatic rings. The van der Waals surface area contributed by atoms with Crippen molar-refractivity contribution in [1.29, 1.82) is 0 Å². The van der Waals surface area contributed by atoms with Gasteiger partial charge in [-0.05, 0) is 12.5 Å². The van der Waals surface area contributed by atoms with Gasteiger partial charge in [0.25, 0.3) is 0 Å². The quantitative estimate of drug-likeness (QED) is 0.907. The predicted octanol–water partition coefficient (Wildman–Crippen LogP) is 1.50. The Morgan fingerprint density at radius 1 is 1.40 bits per heavy atom. The second-order valence-corrected chi connectivity index (χ2v) is 4.85. The lowest BCUT2D eigenvalue weighted by molar-refractivity contribution is -0.172. The van der Waals surface area contributed by atoms with Crippen LogP contribution >= 0.6 is 0 Å². The Morgan fingerprint density at radius 3 is 2.75 bits per heavy atom. The molecule has 1 heterocycles. The van der Waals surface area contributed by atoms with Gasteiger partial charge in [-0.3, -0.25) is 0 Å². The molecule has 0 radical (unpaired) electrons. The summed E-state index contributed by atoms with van der Waals surface area (Å²) >= 11 is 0. The van der Waals surface area contributed by atoms with Crippen molar-refractivity contribution in [3.63, 3.8) is 0 Å². The van der Waals surface area contributed by atoms with Gasteiger partial charge in [-0.1, -0.05) is 30.3 Å². The number of carboxylic acid groups (broad SMARTS) is 1. The highest BCUT2D eigenvalue weighted by Crippen LogP contribution is 2.18. The van der Waals surface area contributed by atoms with E-state index in [0.717, 1.165) is 5.56 Å². The molecular formula is C14H17NO5. The van der Waals surface area contributed by atoms with Crippen LogP contribution in [0.25, 0.3) is 0 Å². The summed E-state index contributed by atoms with van der Waals surface area (Å²) in [4.78, 5) is 24.4. The van der Waals surface area contributed by atoms with E-state index in [-0.39, 0.29) is 19.8 Å². The fraction of sp³-hybridized carbons (Fsp3) is 0.429. The van der Waals surface area contributed by atoms with E-state index in [2.05, 4.69) is 0 Å². The molecule has 1 aliphatic heterocycles. The van der Waals surface area contributed by atoms with Crippen molar-refractivity contribution < 1.29 is 24.2 Å². The topological polar surface area (TPSA) is 76.1 Å². The van der Waals surface area contributed by atoms with E-state index in [4.69, 9.17) is 14.6 Å². The van der Waals surface area contributed by atoms with Crippen molar-refractivity contribution >= 4 is 12.1 Å². The molecule has 1 amide bonds. The molecule has 108 valence electrons. The molecule has 1 aromatic rings. The summed E-state index contributed by atoms with van der Waals surface area (Å²) in [5, 5.41) is 9.10. The van der Waals surface area contributed by atoms with Crippen molar-refractivity contribution in [2.24, 2.45) is 0 Å². The van der Waals surface area contributed by atoms with Gasteiger partial charge in [-0.15, -0.1) is 0 Å². The lowest BCUT2D eigenvalue weighted by Gasteiger charge is -2.36. The van der Waals surface area contributed by atoms with Crippen molar-refractivity contribution in [2.45, 2.75) is 19.1 Å². The summed E-state index contributed by atoms with van der Waals surface area (Å²) in [5.41, 5.74) is -0.487. The van der Waals surface area contributed by atoms with Crippen LogP contribution in [-0.2, 0) is 20.9 Å². The molecule has 0 bridgehead atoms. The van der Waals surface area contributed by atoms with E-state index in [9.17, 15) is 9.59 Å². The van der Waals surface area contributed by atoms with Crippen molar-refractivity contribution in [1.82, 2.24) is 4.90 Å². The van der Waals surface area contributed by atoms with E-state index in [1.807, 2.05) is 30.3 Å². The van der Waals surface area contributed by atoms with E-state index in [1.165, 1.54) is 11.8 Å². The maximum atomic E-state index is 11.9. The summed E-state index contributed by atoms with van der Waals surface area (Å²) in [6.45, 7) is 2.11. The Bertz CT molecular complexity index is 490. The third kappa shape index (κ3) is 3.27. The molecule has 1 N–H and O–H groups in total. The number of rotatable bonds is 3. The van der Waals surface area contributed by atoms with Crippen LogP contribution in [0.1, 0.15) is 12.5 Å². The van der Waals surface area contributed by atoms with Crippen LogP contribution in [0.2, 0.25) is 0 Å². The molecule has 2 rings (SSSR count). The molecule has 20 heavy (non-hydrogen) atoms. The minimum atomic E-state index is -1.37. The fourth-order valence-electron chi connectivity index (χ4n) is 1.97. The standard InChI is InChI=1S/C14H17NO5/c1-14(12(16)17)10-15(7-8-20-14)13(18)19-9-11-5-3-2-4-6-11/h2-6H,7-10H2,1H3,(H,16,17). The average Bonchev–Trinajstić information content (AvgIpc) is 2.46. The van der Waals surface area contributed by atoms with Crippen LogP contribution in [0.15, 0.2) is 30.3 Å². The van der Waals surface area contributed by atoms with Gasteiger partial charge in [0.1, 0.15) is 6.61 Å². The number of carbonyl (C=O) groups is 2. The first-order valence-corrected chi connectivity index (χ1v) is 6.34. The van der Waals surface area contributed by atoms with Gasteiger partial charge in [0.15, 0.2) is 5.60 Å². The van der Waals surface area contributed by atoms with Crippen LogP contribution in [0, 0.1) is 0 Å². The SMILES string of the molecule is CC1(C(=O)O)CN(C(=O)OCc2ccccc2)CCO1. The zero-order valence-electron chi connectivity index (χ0n) is 11.2. The number of carbonyl (C=O) groups excluding carboxylic acids is 1. The van der Waals surface area contributed by atoms with E-state index in [1.54, 1.807) is 0 Å². The minimum Gasteiger partial charge on any atom is -0.479 e. The molecule has 0 saturated carbocycles. The molecule has 1 atom stereocenters. The number of morpholine rings is 1. The Kier molecular flexibility index (Phi) is 4.24. The maximum Gasteiger partial charge on any atom is 0.410 e. The highest BCUT2D eigenvalue weighted by Gasteiger charge is 2.41. The Hall–Kier alpha value is -2.08. The first-order chi connectivity index (χ1) is 9.51. The highest BCUT2D eigenvalue weighted by molar-refractivity contribution is 5.79. The first kappa shape index (κ1) is 14.3. The number of ether oxygens (including phenoxy) is 2. The molecule has 1 aromatic carbocycles. The number of hydrogen-bond donors (Lipinski definition) is 1. The molecule has 1 saturated heterocycles. The second-order valence-electron chi connectivity index (χ2n) is 4.85. The molecule has 0 spiro atoms. The highest BCUT2D eigenvalue weighted by atomic mass is 16.6. The van der Waals surface area contributed by atoms with Gasteiger partial charge in [0.05, 0.1) is 13.2 Å². The zero-order valence-corrected chi connectivity index (χ0v) is 11.2. The van der Waals surface area contributed by atoms with Crippen LogP contribution in [0.5, 0.6) is 0 Å². The van der Waals surface area contributed by atoms with E-state index >= 15 is 0 Å². The number of aliphatic carboxylic acids is 1. The maximum absolute atomic E-state index is 11.9. The van der Waals surface area contributed by atoms with Crippen molar-refractivity contribution in [2.75, 3.05) is 19.7 Å². The lowest BCUT2D eigenvalue weighted by Crippen LogP contribution is -2.56. The molecule has 0 aliphatic carbocycles. The minimum absolute atomic E-state index is 0.0179. The van der Waals surface area contributed by atoms with Crippen LogP contribution in [-0.4, -0.2) is 47.4 Å². The van der Waals surface area contributed by atoms with Gasteiger partial charge < -0.3 is 19.5 Å². The lowest BCUT2D eigenvalue weighted by atomic mass is 10.1. The monoisotopic (exact) mass is 279 g/mol. The van der Waals surface area contributed by atoms with Crippen LogP contribution in [0.4, 0.5) is 4.79 Å². The molecule has 1 fully saturated rings.